The maximum atomic E-state index is 13.5. The summed E-state index contributed by atoms with van der Waals surface area (Å²) in [5.41, 5.74) is 9.32. The molecule has 1 saturated heterocycles. The first kappa shape index (κ1) is 29.7. The van der Waals surface area contributed by atoms with Gasteiger partial charge >= 0.3 is 0 Å². The van der Waals surface area contributed by atoms with Gasteiger partial charge in [-0.25, -0.2) is 18.7 Å². The lowest BCUT2D eigenvalue weighted by Gasteiger charge is -2.40. The van der Waals surface area contributed by atoms with Gasteiger partial charge in [0.15, 0.2) is 17.5 Å². The molecule has 0 bridgehead atoms. The number of aliphatic hydroxyl groups is 1. The summed E-state index contributed by atoms with van der Waals surface area (Å²) in [5, 5.41) is 21.6. The van der Waals surface area contributed by atoms with Crippen LogP contribution in [0.25, 0.3) is 10.9 Å². The lowest BCUT2D eigenvalue weighted by Crippen LogP contribution is -2.48. The molecule has 5 N–H and O–H groups in total. The number of ether oxygens (including phenoxy) is 1. The predicted molar refractivity (Wildman–Crippen MR) is 143 cm³/mol. The van der Waals surface area contributed by atoms with Crippen molar-refractivity contribution in [3.8, 4) is 5.75 Å². The summed E-state index contributed by atoms with van der Waals surface area (Å²) in [6.45, 7) is 1.95. The molecule has 4 rings (SSSR count). The van der Waals surface area contributed by atoms with Crippen molar-refractivity contribution in [2.45, 2.75) is 51.2 Å². The smallest absolute Gasteiger partial charge is 0.249 e. The Morgan fingerprint density at radius 1 is 1.20 bits per heavy atom. The van der Waals surface area contributed by atoms with E-state index in [2.05, 4.69) is 9.88 Å². The Morgan fingerprint density at radius 3 is 2.52 bits per heavy atom. The van der Waals surface area contributed by atoms with Gasteiger partial charge in [0, 0.05) is 18.1 Å². The van der Waals surface area contributed by atoms with E-state index in [1.54, 1.807) is 19.4 Å². The number of hydrogen-bond donors (Lipinski definition) is 4. The highest BCUT2D eigenvalue weighted by molar-refractivity contribution is 5.85. The Labute approximate surface area is 230 Å². The fourth-order valence-corrected chi connectivity index (χ4v) is 5.65. The SMILES string of the molecule is COc1ccc2ncc(CN)c([C@H](O)CCC3(C(=O)NO)CCN(CCCc4cc(F)c(F)c(F)c4)CC3)c2c1. The second kappa shape index (κ2) is 12.9. The minimum absolute atomic E-state index is 0.182. The molecular weight excluding hydrogens is 525 g/mol. The van der Waals surface area contributed by atoms with Crippen molar-refractivity contribution in [2.75, 3.05) is 26.7 Å². The molecule has 1 fully saturated rings. The quantitative estimate of drug-likeness (QED) is 0.158. The molecule has 216 valence electrons. The molecule has 1 aromatic heterocycles. The van der Waals surface area contributed by atoms with Crippen molar-refractivity contribution in [3.63, 3.8) is 0 Å². The number of aryl methyl sites for hydroxylation is 1. The number of aliphatic hydroxyl groups excluding tert-OH is 1. The lowest BCUT2D eigenvalue weighted by molar-refractivity contribution is -0.143. The van der Waals surface area contributed by atoms with Gasteiger partial charge in [0.05, 0.1) is 24.1 Å². The number of halogens is 3. The number of amides is 1. The zero-order valence-corrected chi connectivity index (χ0v) is 22.4. The number of piperidine rings is 1. The van der Waals surface area contributed by atoms with Crippen LogP contribution in [-0.4, -0.2) is 52.8 Å². The normalized spacial score (nSPS) is 16.2. The second-order valence-electron chi connectivity index (χ2n) is 10.4. The van der Waals surface area contributed by atoms with Gasteiger partial charge in [-0.15, -0.1) is 0 Å². The average molecular weight is 561 g/mol. The molecule has 0 aliphatic carbocycles. The number of pyridine rings is 1. The van der Waals surface area contributed by atoms with Crippen molar-refractivity contribution >= 4 is 16.8 Å². The third-order valence-electron chi connectivity index (χ3n) is 8.03. The van der Waals surface area contributed by atoms with Gasteiger partial charge in [0.2, 0.25) is 5.91 Å². The summed E-state index contributed by atoms with van der Waals surface area (Å²) in [5.74, 6) is -3.74. The topological polar surface area (TPSA) is 121 Å². The standard InChI is InChI=1S/C29H35F3N4O4/c1-40-20-4-5-24-21(15-20)26(19(16-33)17-34-24)25(37)6-7-29(28(38)35-39)8-11-36(12-9-29)10-2-3-18-13-22(30)27(32)23(31)14-18/h4-5,13-15,17,25,37,39H,2-3,6-12,16,33H2,1H3,(H,35,38)/t25-/m1/s1. The van der Waals surface area contributed by atoms with Crippen LogP contribution < -0.4 is 16.0 Å². The summed E-state index contributed by atoms with van der Waals surface area (Å²) < 4.78 is 45.5. The molecule has 0 unspecified atom stereocenters. The van der Waals surface area contributed by atoms with E-state index in [1.807, 2.05) is 17.6 Å². The van der Waals surface area contributed by atoms with Crippen LogP contribution in [0.4, 0.5) is 13.2 Å². The Hall–Kier alpha value is -3.25. The number of carbonyl (C=O) groups is 1. The molecule has 1 atom stereocenters. The number of nitrogens with two attached hydrogens (primary N) is 1. The van der Waals surface area contributed by atoms with E-state index >= 15 is 0 Å². The summed E-state index contributed by atoms with van der Waals surface area (Å²) >= 11 is 0. The van der Waals surface area contributed by atoms with Crippen molar-refractivity contribution in [1.29, 1.82) is 0 Å². The summed E-state index contributed by atoms with van der Waals surface area (Å²) in [7, 11) is 1.56. The molecule has 0 radical (unpaired) electrons. The number of nitrogens with one attached hydrogen (secondary N) is 1. The van der Waals surface area contributed by atoms with Gasteiger partial charge in [-0.1, -0.05) is 0 Å². The first-order valence-electron chi connectivity index (χ1n) is 13.4. The molecule has 3 aromatic rings. The Balaban J connectivity index is 1.41. The number of hydrogen-bond acceptors (Lipinski definition) is 7. The number of rotatable bonds is 11. The van der Waals surface area contributed by atoms with E-state index < -0.39 is 34.9 Å². The number of carbonyl (C=O) groups excluding carboxylic acids is 1. The molecule has 1 aliphatic heterocycles. The maximum Gasteiger partial charge on any atom is 0.249 e. The number of likely N-dealkylation sites (tertiary alicyclic amines) is 1. The van der Waals surface area contributed by atoms with Gasteiger partial charge in [0.25, 0.3) is 0 Å². The van der Waals surface area contributed by atoms with Crippen molar-refractivity contribution in [1.82, 2.24) is 15.4 Å². The van der Waals surface area contributed by atoms with Gasteiger partial charge in [-0.05, 0) is 105 Å². The third kappa shape index (κ3) is 6.38. The third-order valence-corrected chi connectivity index (χ3v) is 8.03. The van der Waals surface area contributed by atoms with Gasteiger partial charge in [0.1, 0.15) is 5.75 Å². The molecule has 1 aliphatic rings. The monoisotopic (exact) mass is 560 g/mol. The van der Waals surface area contributed by atoms with E-state index in [4.69, 9.17) is 10.5 Å². The minimum atomic E-state index is -1.47. The van der Waals surface area contributed by atoms with Crippen LogP contribution in [0.2, 0.25) is 0 Å². The molecule has 40 heavy (non-hydrogen) atoms. The van der Waals surface area contributed by atoms with Gasteiger partial charge in [-0.3, -0.25) is 15.0 Å². The van der Waals surface area contributed by atoms with Crippen LogP contribution in [0.15, 0.2) is 36.5 Å². The van der Waals surface area contributed by atoms with E-state index in [0.29, 0.717) is 79.7 Å². The number of fused-ring (bicyclic) bond motifs is 1. The van der Waals surface area contributed by atoms with Crippen LogP contribution >= 0.6 is 0 Å². The molecule has 0 spiro atoms. The summed E-state index contributed by atoms with van der Waals surface area (Å²) in [6.07, 6.45) is 3.22. The van der Waals surface area contributed by atoms with Gasteiger partial charge < -0.3 is 20.5 Å². The predicted octanol–water partition coefficient (Wildman–Crippen LogP) is 4.15. The first-order valence-corrected chi connectivity index (χ1v) is 13.4. The fourth-order valence-electron chi connectivity index (χ4n) is 5.65. The number of methoxy groups -OCH3 is 1. The maximum absolute atomic E-state index is 13.5. The highest BCUT2D eigenvalue weighted by Crippen LogP contribution is 2.40. The van der Waals surface area contributed by atoms with Crippen LogP contribution in [0.3, 0.4) is 0 Å². The van der Waals surface area contributed by atoms with Gasteiger partial charge in [-0.2, -0.15) is 0 Å². The molecule has 1 amide bonds. The average Bonchev–Trinajstić information content (AvgIpc) is 2.97. The zero-order chi connectivity index (χ0) is 28.9. The molecule has 11 heteroatoms. The number of hydroxylamine groups is 1. The summed E-state index contributed by atoms with van der Waals surface area (Å²) in [4.78, 5) is 19.4. The molecule has 2 heterocycles. The summed E-state index contributed by atoms with van der Waals surface area (Å²) in [6, 6.07) is 7.43. The van der Waals surface area contributed by atoms with Crippen LogP contribution in [0.5, 0.6) is 5.75 Å². The lowest BCUT2D eigenvalue weighted by atomic mass is 9.73. The van der Waals surface area contributed by atoms with E-state index in [-0.39, 0.29) is 13.0 Å². The molecule has 0 saturated carbocycles. The van der Waals surface area contributed by atoms with Crippen LogP contribution in [0, 0.1) is 22.9 Å². The largest absolute Gasteiger partial charge is 0.497 e. The fraction of sp³-hybridized carbons (Fsp3) is 0.448. The van der Waals surface area contributed by atoms with Crippen LogP contribution in [0.1, 0.15) is 54.9 Å². The Bertz CT molecular complexity index is 1320. The highest BCUT2D eigenvalue weighted by Gasteiger charge is 2.41. The highest BCUT2D eigenvalue weighted by atomic mass is 19.2. The number of nitrogens with zero attached hydrogens (tertiary/aromatic N) is 2. The van der Waals surface area contributed by atoms with Crippen LogP contribution in [-0.2, 0) is 17.8 Å². The number of benzene rings is 2. The van der Waals surface area contributed by atoms with E-state index in [1.165, 1.54) is 0 Å². The van der Waals surface area contributed by atoms with Crippen molar-refractivity contribution in [2.24, 2.45) is 11.1 Å². The Kier molecular flexibility index (Phi) is 9.62. The minimum Gasteiger partial charge on any atom is -0.497 e. The number of aromatic nitrogens is 1. The Morgan fingerprint density at radius 2 is 1.90 bits per heavy atom. The zero-order valence-electron chi connectivity index (χ0n) is 22.4. The molecular formula is C29H35F3N4O4. The van der Waals surface area contributed by atoms with E-state index in [0.717, 1.165) is 17.5 Å². The van der Waals surface area contributed by atoms with Crippen molar-refractivity contribution < 1.29 is 33.0 Å². The molecule has 8 nitrogen and oxygen atoms in total. The first-order chi connectivity index (χ1) is 19.2. The van der Waals surface area contributed by atoms with E-state index in [9.17, 15) is 28.3 Å². The van der Waals surface area contributed by atoms with Crippen molar-refractivity contribution in [3.05, 3.63) is 70.7 Å². The second-order valence-corrected chi connectivity index (χ2v) is 10.4. The molecule has 2 aromatic carbocycles.